The van der Waals surface area contributed by atoms with Crippen LogP contribution in [0.25, 0.3) is 0 Å². The molecule has 0 aliphatic heterocycles. The Labute approximate surface area is 126 Å². The minimum atomic E-state index is -3.51. The van der Waals surface area contributed by atoms with Gasteiger partial charge in [-0.1, -0.05) is 6.42 Å². The second-order valence-corrected chi connectivity index (χ2v) is 7.38. The summed E-state index contributed by atoms with van der Waals surface area (Å²) in [5, 5.41) is 9.29. The van der Waals surface area contributed by atoms with Gasteiger partial charge in [0.1, 0.15) is 5.75 Å². The van der Waals surface area contributed by atoms with Crippen molar-refractivity contribution in [2.45, 2.75) is 31.1 Å². The second-order valence-electron chi connectivity index (χ2n) is 5.62. The first-order valence-electron chi connectivity index (χ1n) is 7.23. The van der Waals surface area contributed by atoms with Crippen LogP contribution in [0.3, 0.4) is 0 Å². The van der Waals surface area contributed by atoms with Crippen LogP contribution in [0.4, 0.5) is 0 Å². The summed E-state index contributed by atoms with van der Waals surface area (Å²) in [6.45, 7) is 2.34. The average Bonchev–Trinajstić information content (AvgIpc) is 2.92. The molecule has 1 fully saturated rings. The molecule has 1 aromatic carbocycles. The zero-order chi connectivity index (χ0) is 15.5. The molecule has 0 bridgehead atoms. The predicted octanol–water partition coefficient (Wildman–Crippen LogP) is 1.69. The Morgan fingerprint density at radius 2 is 2.05 bits per heavy atom. The molecule has 118 valence electrons. The highest BCUT2D eigenvalue weighted by atomic mass is 32.2. The number of hydrogen-bond donors (Lipinski definition) is 2. The third-order valence-corrected chi connectivity index (χ3v) is 5.68. The third kappa shape index (κ3) is 3.75. The van der Waals surface area contributed by atoms with E-state index in [1.807, 2.05) is 6.92 Å². The molecule has 21 heavy (non-hydrogen) atoms. The number of aryl methyl sites for hydroxylation is 1. The number of sulfonamides is 1. The van der Waals surface area contributed by atoms with E-state index in [4.69, 9.17) is 4.74 Å². The number of nitrogens with one attached hydrogen (secondary N) is 1. The lowest BCUT2D eigenvalue weighted by atomic mass is 9.97. The Bertz CT molecular complexity index is 585. The second kappa shape index (κ2) is 6.77. The molecule has 0 saturated heterocycles. The molecule has 1 aromatic rings. The van der Waals surface area contributed by atoms with E-state index in [1.165, 1.54) is 0 Å². The van der Waals surface area contributed by atoms with Crippen molar-refractivity contribution in [2.24, 2.45) is 11.8 Å². The van der Waals surface area contributed by atoms with E-state index in [0.717, 1.165) is 24.8 Å². The summed E-state index contributed by atoms with van der Waals surface area (Å²) in [6, 6.07) is 4.82. The molecule has 6 heteroatoms. The van der Waals surface area contributed by atoms with Gasteiger partial charge in [0.15, 0.2) is 0 Å². The van der Waals surface area contributed by atoms with Gasteiger partial charge in [0.05, 0.1) is 12.0 Å². The molecule has 0 amide bonds. The Morgan fingerprint density at radius 3 is 2.67 bits per heavy atom. The Kier molecular flexibility index (Phi) is 5.24. The van der Waals surface area contributed by atoms with Gasteiger partial charge in [0, 0.05) is 13.2 Å². The molecule has 2 unspecified atom stereocenters. The highest BCUT2D eigenvalue weighted by molar-refractivity contribution is 7.89. The quantitative estimate of drug-likeness (QED) is 0.838. The molecule has 0 spiro atoms. The fourth-order valence-electron chi connectivity index (χ4n) is 2.94. The maximum absolute atomic E-state index is 12.3. The van der Waals surface area contributed by atoms with Crippen LogP contribution in [0.1, 0.15) is 24.8 Å². The number of benzene rings is 1. The van der Waals surface area contributed by atoms with Gasteiger partial charge in [-0.15, -0.1) is 0 Å². The van der Waals surface area contributed by atoms with Crippen molar-refractivity contribution in [2.75, 3.05) is 20.3 Å². The van der Waals surface area contributed by atoms with Crippen LogP contribution in [0.5, 0.6) is 5.75 Å². The number of rotatable bonds is 6. The molecule has 0 aromatic heterocycles. The lowest BCUT2D eigenvalue weighted by Crippen LogP contribution is -2.31. The van der Waals surface area contributed by atoms with Crippen molar-refractivity contribution >= 4 is 10.0 Å². The van der Waals surface area contributed by atoms with Crippen LogP contribution in [-0.2, 0) is 10.0 Å². The van der Waals surface area contributed by atoms with E-state index in [1.54, 1.807) is 25.3 Å². The Hall–Kier alpha value is -1.11. The number of ether oxygens (including phenoxy) is 1. The molecule has 1 aliphatic rings. The smallest absolute Gasteiger partial charge is 0.240 e. The topological polar surface area (TPSA) is 75.6 Å². The molecule has 5 nitrogen and oxygen atoms in total. The van der Waals surface area contributed by atoms with Crippen LogP contribution >= 0.6 is 0 Å². The standard InChI is InChI=1S/C15H23NO4S/c1-11-8-14(6-7-15(11)20-2)21(18,19)16-9-12-4-3-5-13(12)10-17/h6-8,12-13,16-17H,3-5,9-10H2,1-2H3. The molecule has 2 atom stereocenters. The minimum absolute atomic E-state index is 0.133. The molecular weight excluding hydrogens is 290 g/mol. The van der Waals surface area contributed by atoms with Gasteiger partial charge >= 0.3 is 0 Å². The summed E-state index contributed by atoms with van der Waals surface area (Å²) in [7, 11) is -1.95. The first-order chi connectivity index (χ1) is 9.97. The van der Waals surface area contributed by atoms with Gasteiger partial charge in [-0.3, -0.25) is 0 Å². The maximum Gasteiger partial charge on any atom is 0.240 e. The summed E-state index contributed by atoms with van der Waals surface area (Å²) in [5.41, 5.74) is 0.787. The van der Waals surface area contributed by atoms with E-state index in [9.17, 15) is 13.5 Å². The molecule has 1 aliphatic carbocycles. The monoisotopic (exact) mass is 313 g/mol. The molecule has 0 radical (unpaired) electrons. The zero-order valence-electron chi connectivity index (χ0n) is 12.5. The predicted molar refractivity (Wildman–Crippen MR) is 80.8 cm³/mol. The van der Waals surface area contributed by atoms with Crippen LogP contribution in [0, 0.1) is 18.8 Å². The van der Waals surface area contributed by atoms with Crippen molar-refractivity contribution in [3.05, 3.63) is 23.8 Å². The highest BCUT2D eigenvalue weighted by Crippen LogP contribution is 2.31. The van der Waals surface area contributed by atoms with Crippen LogP contribution in [0.2, 0.25) is 0 Å². The third-order valence-electron chi connectivity index (χ3n) is 4.26. The van der Waals surface area contributed by atoms with Crippen LogP contribution < -0.4 is 9.46 Å². The summed E-state index contributed by atoms with van der Waals surface area (Å²) in [4.78, 5) is 0.249. The largest absolute Gasteiger partial charge is 0.496 e. The van der Waals surface area contributed by atoms with Gasteiger partial charge in [-0.2, -0.15) is 0 Å². The minimum Gasteiger partial charge on any atom is -0.496 e. The van der Waals surface area contributed by atoms with Gasteiger partial charge in [0.25, 0.3) is 0 Å². The lowest BCUT2D eigenvalue weighted by Gasteiger charge is -2.18. The van der Waals surface area contributed by atoms with Crippen molar-refractivity contribution in [1.82, 2.24) is 4.72 Å². The highest BCUT2D eigenvalue weighted by Gasteiger charge is 2.28. The van der Waals surface area contributed by atoms with E-state index in [0.29, 0.717) is 12.3 Å². The first kappa shape index (κ1) is 16.3. The van der Waals surface area contributed by atoms with Crippen molar-refractivity contribution in [1.29, 1.82) is 0 Å². The number of aliphatic hydroxyl groups is 1. The average molecular weight is 313 g/mol. The summed E-state index contributed by atoms with van der Waals surface area (Å²) >= 11 is 0. The van der Waals surface area contributed by atoms with E-state index in [-0.39, 0.29) is 23.3 Å². The van der Waals surface area contributed by atoms with Crippen LogP contribution in [-0.4, -0.2) is 33.8 Å². The number of methoxy groups -OCH3 is 1. The molecule has 2 N–H and O–H groups in total. The van der Waals surface area contributed by atoms with Gasteiger partial charge in [-0.25, -0.2) is 13.1 Å². The summed E-state index contributed by atoms with van der Waals surface area (Å²) < 4.78 is 32.4. The number of hydrogen-bond acceptors (Lipinski definition) is 4. The van der Waals surface area contributed by atoms with Gasteiger partial charge in [0.2, 0.25) is 10.0 Å². The lowest BCUT2D eigenvalue weighted by molar-refractivity contribution is 0.195. The van der Waals surface area contributed by atoms with Crippen molar-refractivity contribution in [3.63, 3.8) is 0 Å². The van der Waals surface area contributed by atoms with Crippen molar-refractivity contribution in [3.8, 4) is 5.75 Å². The molecule has 0 heterocycles. The van der Waals surface area contributed by atoms with Gasteiger partial charge < -0.3 is 9.84 Å². The summed E-state index contributed by atoms with van der Waals surface area (Å²) in [5.74, 6) is 1.11. The molecule has 1 saturated carbocycles. The zero-order valence-corrected chi connectivity index (χ0v) is 13.3. The maximum atomic E-state index is 12.3. The fraction of sp³-hybridized carbons (Fsp3) is 0.600. The Morgan fingerprint density at radius 1 is 1.33 bits per heavy atom. The summed E-state index contributed by atoms with van der Waals surface area (Å²) in [6.07, 6.45) is 3.00. The molecule has 2 rings (SSSR count). The number of aliphatic hydroxyl groups excluding tert-OH is 1. The van der Waals surface area contributed by atoms with Crippen LogP contribution in [0.15, 0.2) is 23.1 Å². The van der Waals surface area contributed by atoms with Crippen molar-refractivity contribution < 1.29 is 18.3 Å². The Balaban J connectivity index is 2.06. The van der Waals surface area contributed by atoms with E-state index in [2.05, 4.69) is 4.72 Å². The van der Waals surface area contributed by atoms with Gasteiger partial charge in [-0.05, 0) is 55.4 Å². The fourth-order valence-corrected chi connectivity index (χ4v) is 4.12. The molecular formula is C15H23NO4S. The SMILES string of the molecule is COc1ccc(S(=O)(=O)NCC2CCCC2CO)cc1C. The normalized spacial score (nSPS) is 22.4. The van der Waals surface area contributed by atoms with E-state index < -0.39 is 10.0 Å². The first-order valence-corrected chi connectivity index (χ1v) is 8.71. The van der Waals surface area contributed by atoms with E-state index >= 15 is 0 Å².